The molecule has 2 aliphatic rings. The van der Waals surface area contributed by atoms with Crippen LogP contribution in [0, 0.1) is 5.92 Å². The van der Waals surface area contributed by atoms with Gasteiger partial charge in [-0.3, -0.25) is 0 Å². The molecule has 0 amide bonds. The number of hydrogen-bond acceptors (Lipinski definition) is 3. The summed E-state index contributed by atoms with van der Waals surface area (Å²) in [5.74, 6) is 2.02. The van der Waals surface area contributed by atoms with Crippen LogP contribution in [0.25, 0.3) is 5.65 Å². The zero-order chi connectivity index (χ0) is 14.2. The van der Waals surface area contributed by atoms with Crippen molar-refractivity contribution in [1.82, 2.24) is 14.7 Å². The van der Waals surface area contributed by atoms with Crippen LogP contribution in [0.4, 0.5) is 5.82 Å². The van der Waals surface area contributed by atoms with Gasteiger partial charge in [-0.15, -0.1) is 0 Å². The zero-order valence-electron chi connectivity index (χ0n) is 12.8. The monoisotopic (exact) mass is 284 g/mol. The fourth-order valence-corrected chi connectivity index (χ4v) is 3.18. The number of rotatable bonds is 6. The number of nitrogens with zero attached hydrogens (tertiary/aromatic N) is 3. The number of fused-ring (bicyclic) bond motifs is 1. The zero-order valence-corrected chi connectivity index (χ0v) is 12.8. The third-order valence-corrected chi connectivity index (χ3v) is 4.86. The van der Waals surface area contributed by atoms with E-state index in [9.17, 15) is 0 Å². The summed E-state index contributed by atoms with van der Waals surface area (Å²) < 4.78 is 2.24. The molecule has 2 aromatic heterocycles. The van der Waals surface area contributed by atoms with Crippen molar-refractivity contribution in [1.29, 1.82) is 0 Å². The Bertz CT molecular complexity index is 625. The van der Waals surface area contributed by atoms with Crippen molar-refractivity contribution in [2.24, 2.45) is 5.92 Å². The summed E-state index contributed by atoms with van der Waals surface area (Å²) in [6, 6.07) is 6.98. The highest BCUT2D eigenvalue weighted by molar-refractivity contribution is 5.55. The normalized spacial score (nSPS) is 18.9. The fraction of sp³-hybridized carbons (Fsp3) is 0.588. The summed E-state index contributed by atoms with van der Waals surface area (Å²) in [5.41, 5.74) is 2.36. The molecular formula is C17H24N4. The number of pyridine rings is 1. The Morgan fingerprint density at radius 2 is 2.14 bits per heavy atom. The molecule has 21 heavy (non-hydrogen) atoms. The first-order chi connectivity index (χ1) is 10.3. The van der Waals surface area contributed by atoms with Crippen molar-refractivity contribution in [2.75, 3.05) is 18.5 Å². The van der Waals surface area contributed by atoms with Gasteiger partial charge in [0.1, 0.15) is 5.65 Å². The lowest BCUT2D eigenvalue weighted by Gasteiger charge is -2.30. The van der Waals surface area contributed by atoms with Gasteiger partial charge in [0.2, 0.25) is 0 Å². The molecule has 1 N–H and O–H groups in total. The van der Waals surface area contributed by atoms with Crippen LogP contribution in [0.2, 0.25) is 0 Å². The largest absolute Gasteiger partial charge is 0.358 e. The molecule has 2 aromatic rings. The minimum atomic E-state index is 0.726. The molecular weight excluding hydrogens is 260 g/mol. The van der Waals surface area contributed by atoms with E-state index in [1.54, 1.807) is 0 Å². The molecule has 0 saturated heterocycles. The van der Waals surface area contributed by atoms with Crippen LogP contribution in [-0.4, -0.2) is 29.0 Å². The van der Waals surface area contributed by atoms with E-state index in [4.69, 9.17) is 4.98 Å². The number of nitrogens with one attached hydrogen (secondary N) is 1. The van der Waals surface area contributed by atoms with Crippen molar-refractivity contribution >= 4 is 11.5 Å². The lowest BCUT2D eigenvalue weighted by molar-refractivity contribution is 0.321. The van der Waals surface area contributed by atoms with E-state index in [1.807, 2.05) is 0 Å². The quantitative estimate of drug-likeness (QED) is 0.885. The predicted molar refractivity (Wildman–Crippen MR) is 85.7 cm³/mol. The van der Waals surface area contributed by atoms with Crippen LogP contribution in [-0.2, 0) is 6.54 Å². The van der Waals surface area contributed by atoms with Crippen molar-refractivity contribution in [3.63, 3.8) is 0 Å². The highest BCUT2D eigenvalue weighted by Crippen LogP contribution is 2.30. The second kappa shape index (κ2) is 5.34. The first-order valence-corrected chi connectivity index (χ1v) is 8.22. The van der Waals surface area contributed by atoms with Gasteiger partial charge in [-0.1, -0.05) is 12.5 Å². The Labute approximate surface area is 126 Å². The Kier molecular flexibility index (Phi) is 3.34. The smallest absolute Gasteiger partial charge is 0.152 e. The van der Waals surface area contributed by atoms with Gasteiger partial charge in [-0.25, -0.2) is 4.98 Å². The number of imidazole rings is 1. The molecule has 4 nitrogen and oxygen atoms in total. The first kappa shape index (κ1) is 13.1. The average molecular weight is 284 g/mol. The predicted octanol–water partition coefficient (Wildman–Crippen LogP) is 2.82. The van der Waals surface area contributed by atoms with E-state index in [1.165, 1.54) is 37.8 Å². The highest BCUT2D eigenvalue weighted by atomic mass is 15.2. The molecule has 112 valence electrons. The molecule has 2 saturated carbocycles. The van der Waals surface area contributed by atoms with Crippen molar-refractivity contribution in [2.45, 2.75) is 44.7 Å². The van der Waals surface area contributed by atoms with E-state index in [2.05, 4.69) is 46.1 Å². The van der Waals surface area contributed by atoms with Crippen LogP contribution in [0.3, 0.4) is 0 Å². The lowest BCUT2D eigenvalue weighted by atomic mass is 9.85. The van der Waals surface area contributed by atoms with Crippen LogP contribution in [0.5, 0.6) is 0 Å². The van der Waals surface area contributed by atoms with Gasteiger partial charge in [0.15, 0.2) is 5.82 Å². The second-order valence-corrected chi connectivity index (χ2v) is 6.64. The van der Waals surface area contributed by atoms with Gasteiger partial charge in [-0.2, -0.15) is 0 Å². The summed E-state index contributed by atoms with van der Waals surface area (Å²) in [5, 5.41) is 3.64. The van der Waals surface area contributed by atoms with Gasteiger partial charge in [0, 0.05) is 32.4 Å². The van der Waals surface area contributed by atoms with E-state index in [0.717, 1.165) is 36.5 Å². The summed E-state index contributed by atoms with van der Waals surface area (Å²) in [6.45, 7) is 2.06. The summed E-state index contributed by atoms with van der Waals surface area (Å²) in [7, 11) is 2.20. The minimum Gasteiger partial charge on any atom is -0.358 e. The molecule has 2 heterocycles. The Hall–Kier alpha value is -1.55. The van der Waals surface area contributed by atoms with Gasteiger partial charge >= 0.3 is 0 Å². The van der Waals surface area contributed by atoms with Crippen molar-refractivity contribution in [3.8, 4) is 0 Å². The molecule has 2 aliphatic carbocycles. The summed E-state index contributed by atoms with van der Waals surface area (Å²) in [6.07, 6.45) is 8.95. The molecule has 0 spiro atoms. The second-order valence-electron chi connectivity index (χ2n) is 6.64. The maximum atomic E-state index is 4.87. The SMILES string of the molecule is CN(CC1CCC1)c1nc2ccccn2c1CNC1CC1. The van der Waals surface area contributed by atoms with Crippen molar-refractivity contribution in [3.05, 3.63) is 30.1 Å². The minimum absolute atomic E-state index is 0.726. The molecule has 0 aromatic carbocycles. The third-order valence-electron chi connectivity index (χ3n) is 4.86. The Morgan fingerprint density at radius 3 is 2.86 bits per heavy atom. The highest BCUT2D eigenvalue weighted by Gasteiger charge is 2.25. The number of aromatic nitrogens is 2. The number of hydrogen-bond donors (Lipinski definition) is 1. The average Bonchev–Trinajstić information content (AvgIpc) is 3.20. The van der Waals surface area contributed by atoms with Gasteiger partial charge in [-0.05, 0) is 43.7 Å². The van der Waals surface area contributed by atoms with Crippen LogP contribution in [0.1, 0.15) is 37.8 Å². The van der Waals surface area contributed by atoms with Crippen LogP contribution < -0.4 is 10.2 Å². The van der Waals surface area contributed by atoms with E-state index >= 15 is 0 Å². The Balaban J connectivity index is 1.62. The Morgan fingerprint density at radius 1 is 1.29 bits per heavy atom. The molecule has 0 unspecified atom stereocenters. The lowest BCUT2D eigenvalue weighted by Crippen LogP contribution is -2.30. The summed E-state index contributed by atoms with van der Waals surface area (Å²) >= 11 is 0. The topological polar surface area (TPSA) is 32.6 Å². The molecule has 0 radical (unpaired) electrons. The molecule has 0 aliphatic heterocycles. The third kappa shape index (κ3) is 2.64. The van der Waals surface area contributed by atoms with Gasteiger partial charge in [0.25, 0.3) is 0 Å². The van der Waals surface area contributed by atoms with Crippen molar-refractivity contribution < 1.29 is 0 Å². The molecule has 0 atom stereocenters. The van der Waals surface area contributed by atoms with E-state index < -0.39 is 0 Å². The van der Waals surface area contributed by atoms with E-state index in [0.29, 0.717) is 0 Å². The first-order valence-electron chi connectivity index (χ1n) is 8.22. The van der Waals surface area contributed by atoms with Gasteiger partial charge in [0.05, 0.1) is 5.69 Å². The van der Waals surface area contributed by atoms with Crippen LogP contribution >= 0.6 is 0 Å². The fourth-order valence-electron chi connectivity index (χ4n) is 3.18. The molecule has 4 heteroatoms. The number of anilines is 1. The maximum Gasteiger partial charge on any atom is 0.152 e. The molecule has 2 fully saturated rings. The maximum absolute atomic E-state index is 4.87. The van der Waals surface area contributed by atoms with Gasteiger partial charge < -0.3 is 14.6 Å². The standard InChI is InChI=1S/C17H24N4/c1-20(12-13-5-4-6-13)17-15(11-18-14-8-9-14)21-10-3-2-7-16(21)19-17/h2-3,7,10,13-14,18H,4-6,8-9,11-12H2,1H3. The van der Waals surface area contributed by atoms with Crippen LogP contribution in [0.15, 0.2) is 24.4 Å². The summed E-state index contributed by atoms with van der Waals surface area (Å²) in [4.78, 5) is 7.23. The van der Waals surface area contributed by atoms with E-state index in [-0.39, 0.29) is 0 Å². The molecule has 4 rings (SSSR count). The molecule has 0 bridgehead atoms.